The lowest BCUT2D eigenvalue weighted by molar-refractivity contribution is 0.0978. The van der Waals surface area contributed by atoms with E-state index in [0.29, 0.717) is 27.9 Å². The molecule has 1 heterocycles. The fourth-order valence-corrected chi connectivity index (χ4v) is 2.36. The van der Waals surface area contributed by atoms with Crippen LogP contribution >= 0.6 is 0 Å². The monoisotopic (exact) mass is 320 g/mol. The van der Waals surface area contributed by atoms with Gasteiger partial charge in [-0.1, -0.05) is 30.3 Å². The highest BCUT2D eigenvalue weighted by molar-refractivity contribution is 6.12. The predicted molar refractivity (Wildman–Crippen MR) is 93.5 cm³/mol. The van der Waals surface area contributed by atoms with E-state index in [2.05, 4.69) is 15.3 Å². The molecule has 24 heavy (non-hydrogen) atoms. The van der Waals surface area contributed by atoms with E-state index in [9.17, 15) is 4.79 Å². The van der Waals surface area contributed by atoms with Gasteiger partial charge in [-0.05, 0) is 24.3 Å². The summed E-state index contributed by atoms with van der Waals surface area (Å²) in [6.07, 6.45) is 1.56. The van der Waals surface area contributed by atoms with E-state index in [1.165, 1.54) is 0 Å². The van der Waals surface area contributed by atoms with Gasteiger partial charge in [-0.25, -0.2) is 4.99 Å². The van der Waals surface area contributed by atoms with Crippen LogP contribution in [0.2, 0.25) is 0 Å². The van der Waals surface area contributed by atoms with E-state index in [1.54, 1.807) is 43.6 Å². The maximum Gasteiger partial charge on any atom is 0.258 e. The minimum absolute atomic E-state index is 0.0269. The number of nitrogens with zero attached hydrogens (tertiary/aromatic N) is 2. The first-order valence-corrected chi connectivity index (χ1v) is 7.31. The number of aromatic nitrogens is 1. The third-order valence-corrected chi connectivity index (χ3v) is 3.45. The second kappa shape index (κ2) is 6.78. The van der Waals surface area contributed by atoms with Crippen molar-refractivity contribution < 1.29 is 9.53 Å². The first-order valence-electron chi connectivity index (χ1n) is 7.31. The lowest BCUT2D eigenvalue weighted by Crippen LogP contribution is -2.36. The van der Waals surface area contributed by atoms with Crippen LogP contribution in [-0.4, -0.2) is 24.0 Å². The molecule has 2 aromatic carbocycles. The van der Waals surface area contributed by atoms with Gasteiger partial charge in [0.05, 0.1) is 18.4 Å². The molecule has 0 saturated carbocycles. The molecule has 0 aliphatic heterocycles. The van der Waals surface area contributed by atoms with Gasteiger partial charge in [0.2, 0.25) is 5.96 Å². The predicted octanol–water partition coefficient (Wildman–Crippen LogP) is 2.62. The van der Waals surface area contributed by atoms with E-state index in [1.807, 2.05) is 24.3 Å². The summed E-state index contributed by atoms with van der Waals surface area (Å²) in [4.78, 5) is 21.0. The van der Waals surface area contributed by atoms with Gasteiger partial charge in [0.25, 0.3) is 5.91 Å². The Morgan fingerprint density at radius 3 is 2.67 bits per heavy atom. The van der Waals surface area contributed by atoms with Gasteiger partial charge < -0.3 is 10.5 Å². The highest BCUT2D eigenvalue weighted by Gasteiger charge is 2.13. The van der Waals surface area contributed by atoms with Crippen molar-refractivity contribution in [3.63, 3.8) is 0 Å². The molecule has 0 fully saturated rings. The number of carbonyl (C=O) groups is 1. The number of guanidine groups is 1. The lowest BCUT2D eigenvalue weighted by atomic mass is 10.1. The first kappa shape index (κ1) is 15.5. The van der Waals surface area contributed by atoms with Gasteiger partial charge in [0.15, 0.2) is 0 Å². The molecule has 0 unspecified atom stereocenters. The summed E-state index contributed by atoms with van der Waals surface area (Å²) in [5.74, 6) is 0.278. The Labute approximate surface area is 139 Å². The van der Waals surface area contributed by atoms with E-state index in [4.69, 9.17) is 10.5 Å². The molecule has 0 radical (unpaired) electrons. The van der Waals surface area contributed by atoms with Crippen LogP contribution in [0.25, 0.3) is 10.9 Å². The lowest BCUT2D eigenvalue weighted by Gasteiger charge is -2.09. The highest BCUT2D eigenvalue weighted by Crippen LogP contribution is 2.25. The topological polar surface area (TPSA) is 89.6 Å². The summed E-state index contributed by atoms with van der Waals surface area (Å²) in [5.41, 5.74) is 7.55. The third-order valence-electron chi connectivity index (χ3n) is 3.45. The minimum atomic E-state index is -0.354. The second-order valence-corrected chi connectivity index (χ2v) is 5.00. The number of carbonyl (C=O) groups excluding carboxylic acids is 1. The SMILES string of the molecule is COc1cccc2c(C(=O)NC(N)=Nc3ccccc3)ccnc12. The number of amides is 1. The summed E-state index contributed by atoms with van der Waals surface area (Å²) in [7, 11) is 1.56. The average molecular weight is 320 g/mol. The van der Waals surface area contributed by atoms with Crippen LogP contribution in [0.5, 0.6) is 5.75 Å². The number of aliphatic imine (C=N–C) groups is 1. The van der Waals surface area contributed by atoms with Crippen molar-refractivity contribution in [3.8, 4) is 5.75 Å². The number of ether oxygens (including phenoxy) is 1. The van der Waals surface area contributed by atoms with Gasteiger partial charge in [0.1, 0.15) is 11.3 Å². The van der Waals surface area contributed by atoms with Crippen molar-refractivity contribution in [2.24, 2.45) is 10.7 Å². The molecule has 120 valence electrons. The number of nitrogens with one attached hydrogen (secondary N) is 1. The minimum Gasteiger partial charge on any atom is -0.494 e. The number of para-hydroxylation sites is 2. The van der Waals surface area contributed by atoms with E-state index in [-0.39, 0.29) is 11.9 Å². The maximum atomic E-state index is 12.5. The zero-order chi connectivity index (χ0) is 16.9. The molecule has 6 nitrogen and oxygen atoms in total. The van der Waals surface area contributed by atoms with Crippen molar-refractivity contribution in [3.05, 3.63) is 66.4 Å². The van der Waals surface area contributed by atoms with Crippen molar-refractivity contribution in [2.75, 3.05) is 7.11 Å². The number of fused-ring (bicyclic) bond motifs is 1. The molecule has 0 saturated heterocycles. The Morgan fingerprint density at radius 2 is 1.92 bits per heavy atom. The third kappa shape index (κ3) is 3.17. The molecule has 0 aliphatic carbocycles. The van der Waals surface area contributed by atoms with Crippen LogP contribution in [0, 0.1) is 0 Å². The van der Waals surface area contributed by atoms with Crippen LogP contribution < -0.4 is 15.8 Å². The molecule has 0 aliphatic rings. The highest BCUT2D eigenvalue weighted by atomic mass is 16.5. The molecule has 3 aromatic rings. The van der Waals surface area contributed by atoms with Crippen molar-refractivity contribution >= 4 is 28.5 Å². The summed E-state index contributed by atoms with van der Waals surface area (Å²) in [6.45, 7) is 0. The van der Waals surface area contributed by atoms with Gasteiger partial charge >= 0.3 is 0 Å². The number of benzene rings is 2. The summed E-state index contributed by atoms with van der Waals surface area (Å²) in [6, 6.07) is 16.2. The van der Waals surface area contributed by atoms with Gasteiger partial charge in [-0.3, -0.25) is 15.1 Å². The molecule has 1 aromatic heterocycles. The number of pyridine rings is 1. The fourth-order valence-electron chi connectivity index (χ4n) is 2.36. The zero-order valence-electron chi connectivity index (χ0n) is 13.1. The molecule has 3 rings (SSSR count). The Bertz CT molecular complexity index is 907. The van der Waals surface area contributed by atoms with E-state index < -0.39 is 0 Å². The van der Waals surface area contributed by atoms with Crippen LogP contribution in [0.3, 0.4) is 0 Å². The van der Waals surface area contributed by atoms with Crippen molar-refractivity contribution in [1.29, 1.82) is 0 Å². The molecular formula is C18H16N4O2. The van der Waals surface area contributed by atoms with Crippen molar-refractivity contribution in [1.82, 2.24) is 10.3 Å². The van der Waals surface area contributed by atoms with Gasteiger partial charge in [-0.2, -0.15) is 0 Å². The van der Waals surface area contributed by atoms with Gasteiger partial charge in [-0.15, -0.1) is 0 Å². The van der Waals surface area contributed by atoms with Crippen LogP contribution in [0.15, 0.2) is 65.8 Å². The van der Waals surface area contributed by atoms with Crippen LogP contribution in [-0.2, 0) is 0 Å². The number of hydrogen-bond donors (Lipinski definition) is 2. The first-order chi connectivity index (χ1) is 11.7. The maximum absolute atomic E-state index is 12.5. The molecule has 6 heteroatoms. The Balaban J connectivity index is 1.91. The summed E-state index contributed by atoms with van der Waals surface area (Å²) in [5, 5.41) is 3.28. The molecule has 3 N–H and O–H groups in total. The number of methoxy groups -OCH3 is 1. The molecule has 1 amide bonds. The smallest absolute Gasteiger partial charge is 0.258 e. The molecular weight excluding hydrogens is 304 g/mol. The van der Waals surface area contributed by atoms with Crippen LogP contribution in [0.1, 0.15) is 10.4 Å². The normalized spacial score (nSPS) is 11.3. The molecule has 0 atom stereocenters. The average Bonchev–Trinajstić information content (AvgIpc) is 2.61. The molecule has 0 bridgehead atoms. The quantitative estimate of drug-likeness (QED) is 0.573. The Morgan fingerprint density at radius 1 is 1.12 bits per heavy atom. The second-order valence-electron chi connectivity index (χ2n) is 5.00. The number of nitrogens with two attached hydrogens (primary N) is 1. The Hall–Kier alpha value is -3.41. The van der Waals surface area contributed by atoms with E-state index in [0.717, 1.165) is 0 Å². The van der Waals surface area contributed by atoms with Gasteiger partial charge in [0, 0.05) is 11.6 Å². The largest absolute Gasteiger partial charge is 0.494 e. The Kier molecular flexibility index (Phi) is 4.38. The number of hydrogen-bond acceptors (Lipinski definition) is 4. The van der Waals surface area contributed by atoms with E-state index >= 15 is 0 Å². The standard InChI is InChI=1S/C18H16N4O2/c1-24-15-9-5-8-13-14(10-11-20-16(13)15)17(23)22-18(19)21-12-6-3-2-4-7-12/h2-11H,1H3,(H3,19,21,22,23). The number of rotatable bonds is 3. The molecule has 0 spiro atoms. The van der Waals surface area contributed by atoms with Crippen molar-refractivity contribution in [2.45, 2.75) is 0 Å². The zero-order valence-corrected chi connectivity index (χ0v) is 13.1. The summed E-state index contributed by atoms with van der Waals surface area (Å²) >= 11 is 0. The summed E-state index contributed by atoms with van der Waals surface area (Å²) < 4.78 is 5.28. The van der Waals surface area contributed by atoms with Crippen LogP contribution in [0.4, 0.5) is 5.69 Å². The fraction of sp³-hybridized carbons (Fsp3) is 0.0556.